The predicted molar refractivity (Wildman–Crippen MR) is 87.5 cm³/mol. The van der Waals surface area contributed by atoms with Crippen LogP contribution < -0.4 is 0 Å². The molecule has 5 atom stereocenters. The number of ether oxygens (including phenoxy) is 4. The maximum atomic E-state index is 11.5. The van der Waals surface area contributed by atoms with Crippen LogP contribution in [0.25, 0.3) is 10.4 Å². The summed E-state index contributed by atoms with van der Waals surface area (Å²) in [6.07, 6.45) is -3.01. The highest BCUT2D eigenvalue weighted by atomic mass is 32.2. The molecule has 2 unspecified atom stereocenters. The van der Waals surface area contributed by atoms with E-state index in [4.69, 9.17) is 24.5 Å². The Balaban J connectivity index is 3.21. The molecule has 25 heavy (non-hydrogen) atoms. The Bertz CT molecular complexity index is 553. The Morgan fingerprint density at radius 1 is 1.12 bits per heavy atom. The van der Waals surface area contributed by atoms with Crippen molar-refractivity contribution in [2.75, 3.05) is 12.4 Å². The van der Waals surface area contributed by atoms with Crippen LogP contribution in [0.1, 0.15) is 27.7 Å². The number of thioether (sulfide) groups is 1. The van der Waals surface area contributed by atoms with E-state index in [1.54, 1.807) is 0 Å². The minimum atomic E-state index is -1.08. The van der Waals surface area contributed by atoms with Crippen LogP contribution in [0, 0.1) is 0 Å². The predicted octanol–water partition coefficient (Wildman–Crippen LogP) is 1.57. The van der Waals surface area contributed by atoms with E-state index in [-0.39, 0.29) is 6.61 Å². The molecule has 0 aromatic heterocycles. The zero-order chi connectivity index (χ0) is 19.0. The van der Waals surface area contributed by atoms with E-state index in [0.717, 1.165) is 0 Å². The van der Waals surface area contributed by atoms with Gasteiger partial charge < -0.3 is 18.9 Å². The van der Waals surface area contributed by atoms with E-state index < -0.39 is 47.7 Å². The van der Waals surface area contributed by atoms with E-state index >= 15 is 0 Å². The fourth-order valence-electron chi connectivity index (χ4n) is 2.37. The first-order valence-corrected chi connectivity index (χ1v) is 8.64. The topological polar surface area (TPSA) is 137 Å². The molecule has 0 aromatic rings. The van der Waals surface area contributed by atoms with Gasteiger partial charge in [-0.15, -0.1) is 11.8 Å². The second kappa shape index (κ2) is 10.1. The summed E-state index contributed by atoms with van der Waals surface area (Å²) in [5, 5.41) is 3.66. The third-order valence-electron chi connectivity index (χ3n) is 3.19. The molecule has 0 saturated carbocycles. The van der Waals surface area contributed by atoms with E-state index in [2.05, 4.69) is 10.0 Å². The van der Waals surface area contributed by atoms with Crippen molar-refractivity contribution in [1.82, 2.24) is 0 Å². The summed E-state index contributed by atoms with van der Waals surface area (Å²) in [6, 6.07) is -0.906. The molecule has 0 spiro atoms. The number of carbonyl (C=O) groups is 3. The smallest absolute Gasteiger partial charge is 0.303 e. The minimum Gasteiger partial charge on any atom is -0.463 e. The zero-order valence-corrected chi connectivity index (χ0v) is 15.2. The molecule has 1 aliphatic heterocycles. The largest absolute Gasteiger partial charge is 0.463 e. The number of azide groups is 1. The number of carbonyl (C=O) groups excluding carboxylic acids is 3. The molecule has 1 fully saturated rings. The summed E-state index contributed by atoms with van der Waals surface area (Å²) in [5.41, 5.74) is 8.19. The van der Waals surface area contributed by atoms with Crippen molar-refractivity contribution in [3.8, 4) is 0 Å². The molecule has 0 aliphatic carbocycles. The highest BCUT2D eigenvalue weighted by Gasteiger charge is 2.50. The standard InChI is InChI=1S/C14H21N3O7S/c1-5-25-14-11(16-17-15)13(23-9(4)20)12(22-8(3)19)10(24-14)6-21-7(2)18/h10-14H,5-6H2,1-4H3/t10?,11?,12-,13-,14+/m1/s1. The molecule has 1 rings (SSSR count). The number of rotatable bonds is 7. The molecular weight excluding hydrogens is 354 g/mol. The fourth-order valence-corrected chi connectivity index (χ4v) is 3.33. The van der Waals surface area contributed by atoms with E-state index in [1.807, 2.05) is 6.92 Å². The van der Waals surface area contributed by atoms with Gasteiger partial charge in [-0.1, -0.05) is 12.0 Å². The lowest BCUT2D eigenvalue weighted by Crippen LogP contribution is -2.59. The van der Waals surface area contributed by atoms with Crippen LogP contribution in [0.2, 0.25) is 0 Å². The van der Waals surface area contributed by atoms with Gasteiger partial charge in [0.05, 0.1) is 0 Å². The number of hydrogen-bond donors (Lipinski definition) is 0. The first kappa shape index (κ1) is 21.1. The van der Waals surface area contributed by atoms with Crippen LogP contribution >= 0.6 is 11.8 Å². The summed E-state index contributed by atoms with van der Waals surface area (Å²) in [7, 11) is 0. The average Bonchev–Trinajstić information content (AvgIpc) is 2.50. The molecule has 0 amide bonds. The lowest BCUT2D eigenvalue weighted by atomic mass is 9.98. The minimum absolute atomic E-state index is 0.200. The SMILES string of the molecule is CCS[C@@H]1OC(COC(C)=O)[C@@H](OC(C)=O)[C@H](OC(C)=O)C1N=[N+]=[N-]. The van der Waals surface area contributed by atoms with Gasteiger partial charge in [0.25, 0.3) is 0 Å². The molecule has 0 bridgehead atoms. The van der Waals surface area contributed by atoms with Gasteiger partial charge >= 0.3 is 17.9 Å². The fraction of sp³-hybridized carbons (Fsp3) is 0.786. The van der Waals surface area contributed by atoms with Crippen molar-refractivity contribution < 1.29 is 33.3 Å². The van der Waals surface area contributed by atoms with Crippen molar-refractivity contribution >= 4 is 29.7 Å². The van der Waals surface area contributed by atoms with Gasteiger partial charge in [0.1, 0.15) is 24.2 Å². The zero-order valence-electron chi connectivity index (χ0n) is 14.4. The van der Waals surface area contributed by atoms with Gasteiger partial charge in [-0.25, -0.2) is 0 Å². The average molecular weight is 375 g/mol. The quantitative estimate of drug-likeness (QED) is 0.215. The normalized spacial score (nSPS) is 28.4. The molecule has 1 heterocycles. The molecule has 140 valence electrons. The summed E-state index contributed by atoms with van der Waals surface area (Å²) < 4.78 is 21.3. The van der Waals surface area contributed by atoms with Gasteiger partial charge in [0, 0.05) is 25.7 Å². The summed E-state index contributed by atoms with van der Waals surface area (Å²) in [6.45, 7) is 5.28. The molecule has 0 N–H and O–H groups in total. The summed E-state index contributed by atoms with van der Waals surface area (Å²) >= 11 is 1.33. The molecular formula is C14H21N3O7S. The third-order valence-corrected chi connectivity index (χ3v) is 4.24. The monoisotopic (exact) mass is 375 g/mol. The lowest BCUT2D eigenvalue weighted by Gasteiger charge is -2.43. The van der Waals surface area contributed by atoms with Gasteiger partial charge in [0.15, 0.2) is 12.2 Å². The molecule has 0 radical (unpaired) electrons. The van der Waals surface area contributed by atoms with Crippen molar-refractivity contribution in [2.24, 2.45) is 5.11 Å². The van der Waals surface area contributed by atoms with Crippen LogP contribution in [0.5, 0.6) is 0 Å². The van der Waals surface area contributed by atoms with E-state index in [0.29, 0.717) is 5.75 Å². The first-order chi connectivity index (χ1) is 11.8. The van der Waals surface area contributed by atoms with E-state index in [9.17, 15) is 14.4 Å². The maximum absolute atomic E-state index is 11.5. The van der Waals surface area contributed by atoms with Crippen molar-refractivity contribution in [3.63, 3.8) is 0 Å². The van der Waals surface area contributed by atoms with Crippen LogP contribution in [-0.4, -0.2) is 60.1 Å². The third kappa shape index (κ3) is 6.45. The van der Waals surface area contributed by atoms with Crippen molar-refractivity contribution in [1.29, 1.82) is 0 Å². The Labute approximate surface area is 149 Å². The summed E-state index contributed by atoms with van der Waals surface area (Å²) in [4.78, 5) is 36.8. The molecule has 1 saturated heterocycles. The number of nitrogens with zero attached hydrogens (tertiary/aromatic N) is 3. The Morgan fingerprint density at radius 2 is 1.72 bits per heavy atom. The van der Waals surface area contributed by atoms with Gasteiger partial charge in [-0.05, 0) is 11.3 Å². The van der Waals surface area contributed by atoms with Crippen LogP contribution in [0.3, 0.4) is 0 Å². The lowest BCUT2D eigenvalue weighted by molar-refractivity contribution is -0.208. The van der Waals surface area contributed by atoms with Crippen LogP contribution in [0.15, 0.2) is 5.11 Å². The number of hydrogen-bond acceptors (Lipinski definition) is 9. The molecule has 0 aromatic carbocycles. The van der Waals surface area contributed by atoms with Gasteiger partial charge in [-0.2, -0.15) is 0 Å². The number of esters is 3. The maximum Gasteiger partial charge on any atom is 0.303 e. The first-order valence-electron chi connectivity index (χ1n) is 7.59. The highest BCUT2D eigenvalue weighted by Crippen LogP contribution is 2.34. The Hall–Kier alpha value is -1.97. The van der Waals surface area contributed by atoms with Crippen LogP contribution in [0.4, 0.5) is 0 Å². The Morgan fingerprint density at radius 3 is 2.20 bits per heavy atom. The summed E-state index contributed by atoms with van der Waals surface area (Å²) in [5.74, 6) is -1.17. The van der Waals surface area contributed by atoms with E-state index in [1.165, 1.54) is 32.5 Å². The van der Waals surface area contributed by atoms with Crippen molar-refractivity contribution in [3.05, 3.63) is 10.4 Å². The molecule has 1 aliphatic rings. The molecule has 11 heteroatoms. The second-order valence-corrected chi connectivity index (χ2v) is 6.52. The van der Waals surface area contributed by atoms with Gasteiger partial charge in [-0.3, -0.25) is 14.4 Å². The van der Waals surface area contributed by atoms with Crippen LogP contribution in [-0.2, 0) is 33.3 Å². The second-order valence-electron chi connectivity index (χ2n) is 5.14. The van der Waals surface area contributed by atoms with Crippen molar-refractivity contribution in [2.45, 2.75) is 57.5 Å². The molecule has 10 nitrogen and oxygen atoms in total. The van der Waals surface area contributed by atoms with Gasteiger partial charge in [0.2, 0.25) is 0 Å². The highest BCUT2D eigenvalue weighted by molar-refractivity contribution is 7.99. The Kier molecular flexibility index (Phi) is 8.53.